The molecule has 0 saturated carbocycles. The molecule has 5 rings (SSSR count). The number of fused-ring (bicyclic) bond motifs is 1. The van der Waals surface area contributed by atoms with E-state index in [1.807, 2.05) is 4.90 Å². The highest BCUT2D eigenvalue weighted by Gasteiger charge is 2.22. The molecule has 1 amide bonds. The van der Waals surface area contributed by atoms with Gasteiger partial charge in [0.25, 0.3) is 0 Å². The number of carbonyl (C=O) groups is 1. The smallest absolute Gasteiger partial charge is 0.227 e. The fourth-order valence-corrected chi connectivity index (χ4v) is 4.20. The molecule has 0 radical (unpaired) electrons. The summed E-state index contributed by atoms with van der Waals surface area (Å²) < 4.78 is 23.9. The number of hydrogen-bond acceptors (Lipinski definition) is 6. The second-order valence-electron chi connectivity index (χ2n) is 8.22. The van der Waals surface area contributed by atoms with E-state index in [1.165, 1.54) is 23.3 Å². The van der Waals surface area contributed by atoms with Crippen LogP contribution in [-0.4, -0.2) is 58.6 Å². The van der Waals surface area contributed by atoms with Gasteiger partial charge in [-0.15, -0.1) is 0 Å². The zero-order valence-corrected chi connectivity index (χ0v) is 17.8. The maximum absolute atomic E-state index is 13.1. The van der Waals surface area contributed by atoms with Crippen molar-refractivity contribution in [1.82, 2.24) is 19.9 Å². The first-order chi connectivity index (χ1) is 15.6. The Bertz CT molecular complexity index is 1090. The molecule has 1 saturated heterocycles. The molecule has 0 aliphatic carbocycles. The van der Waals surface area contributed by atoms with Gasteiger partial charge in [0, 0.05) is 57.5 Å². The fourth-order valence-electron chi connectivity index (χ4n) is 4.20. The molecule has 3 heterocycles. The van der Waals surface area contributed by atoms with Crippen molar-refractivity contribution in [2.24, 2.45) is 0 Å². The van der Waals surface area contributed by atoms with Gasteiger partial charge >= 0.3 is 0 Å². The molecular weight excluding hydrogens is 411 g/mol. The number of benzene rings is 2. The van der Waals surface area contributed by atoms with Gasteiger partial charge in [0.1, 0.15) is 11.6 Å². The van der Waals surface area contributed by atoms with E-state index in [4.69, 9.17) is 9.26 Å². The van der Waals surface area contributed by atoms with E-state index in [0.29, 0.717) is 30.1 Å². The average molecular weight is 436 g/mol. The van der Waals surface area contributed by atoms with E-state index in [2.05, 4.69) is 33.2 Å². The van der Waals surface area contributed by atoms with Crippen LogP contribution in [0.1, 0.15) is 23.4 Å². The molecule has 0 atom stereocenters. The highest BCUT2D eigenvalue weighted by molar-refractivity contribution is 5.76. The van der Waals surface area contributed by atoms with E-state index in [0.717, 1.165) is 51.5 Å². The van der Waals surface area contributed by atoms with Crippen LogP contribution in [0.15, 0.2) is 47.0 Å². The van der Waals surface area contributed by atoms with Crippen molar-refractivity contribution in [3.8, 4) is 17.1 Å². The van der Waals surface area contributed by atoms with Gasteiger partial charge in [-0.2, -0.15) is 4.98 Å². The number of nitrogens with zero attached hydrogens (tertiary/aromatic N) is 4. The summed E-state index contributed by atoms with van der Waals surface area (Å²) in [5.74, 6) is 1.61. The van der Waals surface area contributed by atoms with Crippen LogP contribution in [0.3, 0.4) is 0 Å². The summed E-state index contributed by atoms with van der Waals surface area (Å²) in [6, 6.07) is 12.4. The van der Waals surface area contributed by atoms with Gasteiger partial charge in [0.2, 0.25) is 17.6 Å². The van der Waals surface area contributed by atoms with Gasteiger partial charge in [0.05, 0.1) is 6.61 Å². The molecule has 2 aromatic carbocycles. The number of rotatable bonds is 6. The van der Waals surface area contributed by atoms with Gasteiger partial charge in [-0.25, -0.2) is 4.39 Å². The van der Waals surface area contributed by atoms with Crippen LogP contribution >= 0.6 is 0 Å². The minimum absolute atomic E-state index is 0.0980. The van der Waals surface area contributed by atoms with Crippen molar-refractivity contribution in [3.63, 3.8) is 0 Å². The van der Waals surface area contributed by atoms with Crippen LogP contribution in [0.5, 0.6) is 5.75 Å². The maximum atomic E-state index is 13.1. The third-order valence-electron chi connectivity index (χ3n) is 6.01. The van der Waals surface area contributed by atoms with Crippen LogP contribution in [0, 0.1) is 5.82 Å². The zero-order chi connectivity index (χ0) is 21.9. The van der Waals surface area contributed by atoms with Gasteiger partial charge in [-0.05, 0) is 41.5 Å². The van der Waals surface area contributed by atoms with Crippen LogP contribution in [0.25, 0.3) is 11.4 Å². The van der Waals surface area contributed by atoms with Crippen LogP contribution in [0.2, 0.25) is 0 Å². The Morgan fingerprint density at radius 3 is 2.69 bits per heavy atom. The standard InChI is InChI=1S/C24H25FN4O3/c25-20-4-2-18(3-5-20)24-26-22(32-27-24)7-8-23(30)29-12-10-28(11-13-29)16-17-1-6-21-19(15-17)9-14-31-21/h1-6,15H,7-14,16H2. The number of ether oxygens (including phenoxy) is 1. The minimum atomic E-state index is -0.315. The minimum Gasteiger partial charge on any atom is -0.493 e. The van der Waals surface area contributed by atoms with Gasteiger partial charge in [-0.3, -0.25) is 9.69 Å². The lowest BCUT2D eigenvalue weighted by molar-refractivity contribution is -0.133. The summed E-state index contributed by atoms with van der Waals surface area (Å²) in [7, 11) is 0. The molecule has 1 fully saturated rings. The molecule has 32 heavy (non-hydrogen) atoms. The second-order valence-corrected chi connectivity index (χ2v) is 8.22. The molecule has 2 aliphatic heterocycles. The van der Waals surface area contributed by atoms with Crippen molar-refractivity contribution in [1.29, 1.82) is 0 Å². The Morgan fingerprint density at radius 1 is 1.06 bits per heavy atom. The molecule has 166 valence electrons. The van der Waals surface area contributed by atoms with E-state index < -0.39 is 0 Å². The van der Waals surface area contributed by atoms with Crippen LogP contribution < -0.4 is 4.74 Å². The number of aromatic nitrogens is 2. The molecule has 0 bridgehead atoms. The Balaban J connectivity index is 1.08. The molecule has 7 nitrogen and oxygen atoms in total. The summed E-state index contributed by atoms with van der Waals surface area (Å²) in [4.78, 5) is 21.3. The monoisotopic (exact) mass is 436 g/mol. The lowest BCUT2D eigenvalue weighted by Crippen LogP contribution is -2.48. The third kappa shape index (κ3) is 4.65. The van der Waals surface area contributed by atoms with Gasteiger partial charge < -0.3 is 14.2 Å². The molecule has 1 aromatic heterocycles. The predicted molar refractivity (Wildman–Crippen MR) is 116 cm³/mol. The molecule has 2 aliphatic rings. The van der Waals surface area contributed by atoms with E-state index >= 15 is 0 Å². The first kappa shape index (κ1) is 20.6. The lowest BCUT2D eigenvalue weighted by Gasteiger charge is -2.34. The molecule has 0 unspecified atom stereocenters. The Kier molecular flexibility index (Phi) is 5.85. The van der Waals surface area contributed by atoms with E-state index in [-0.39, 0.29) is 11.7 Å². The summed E-state index contributed by atoms with van der Waals surface area (Å²) in [5.41, 5.74) is 3.27. The van der Waals surface area contributed by atoms with Gasteiger partial charge in [0.15, 0.2) is 0 Å². The third-order valence-corrected chi connectivity index (χ3v) is 6.01. The second kappa shape index (κ2) is 9.08. The fraction of sp³-hybridized carbons (Fsp3) is 0.375. The number of hydrogen-bond donors (Lipinski definition) is 0. The molecule has 0 spiro atoms. The average Bonchev–Trinajstić information content (AvgIpc) is 3.48. The number of amides is 1. The number of carbonyl (C=O) groups excluding carboxylic acids is 1. The normalized spacial score (nSPS) is 16.1. The highest BCUT2D eigenvalue weighted by Crippen LogP contribution is 2.26. The maximum Gasteiger partial charge on any atom is 0.227 e. The van der Waals surface area contributed by atoms with Crippen molar-refractivity contribution in [2.45, 2.75) is 25.8 Å². The van der Waals surface area contributed by atoms with Crippen LogP contribution in [0.4, 0.5) is 4.39 Å². The van der Waals surface area contributed by atoms with Crippen molar-refractivity contribution < 1.29 is 18.4 Å². The molecule has 3 aromatic rings. The molecule has 0 N–H and O–H groups in total. The zero-order valence-electron chi connectivity index (χ0n) is 17.8. The van der Waals surface area contributed by atoms with Gasteiger partial charge in [-0.1, -0.05) is 17.3 Å². The Morgan fingerprint density at radius 2 is 1.88 bits per heavy atom. The lowest BCUT2D eigenvalue weighted by atomic mass is 10.1. The van der Waals surface area contributed by atoms with Crippen LogP contribution in [-0.2, 0) is 24.2 Å². The topological polar surface area (TPSA) is 71.7 Å². The van der Waals surface area contributed by atoms with Crippen molar-refractivity contribution in [3.05, 3.63) is 65.3 Å². The number of piperazine rings is 1. The number of halogens is 1. The Hall–Kier alpha value is -3.26. The molecular formula is C24H25FN4O3. The summed E-state index contributed by atoms with van der Waals surface area (Å²) in [6.45, 7) is 4.82. The van der Waals surface area contributed by atoms with E-state index in [9.17, 15) is 9.18 Å². The first-order valence-electron chi connectivity index (χ1n) is 11.0. The first-order valence-corrected chi connectivity index (χ1v) is 11.0. The predicted octanol–water partition coefficient (Wildman–Crippen LogP) is 3.09. The molecule has 8 heteroatoms. The number of aryl methyl sites for hydroxylation is 1. The quantitative estimate of drug-likeness (QED) is 0.591. The summed E-state index contributed by atoms with van der Waals surface area (Å²) in [5, 5.41) is 3.93. The largest absolute Gasteiger partial charge is 0.493 e. The highest BCUT2D eigenvalue weighted by atomic mass is 19.1. The van der Waals surface area contributed by atoms with Crippen molar-refractivity contribution in [2.75, 3.05) is 32.8 Å². The van der Waals surface area contributed by atoms with E-state index in [1.54, 1.807) is 12.1 Å². The van der Waals surface area contributed by atoms with Crippen molar-refractivity contribution >= 4 is 5.91 Å². The Labute approximate surface area is 185 Å². The summed E-state index contributed by atoms with van der Waals surface area (Å²) >= 11 is 0. The SMILES string of the molecule is O=C(CCc1nc(-c2ccc(F)cc2)no1)N1CCN(Cc2ccc3c(c2)CCO3)CC1. The summed E-state index contributed by atoms with van der Waals surface area (Å²) in [6.07, 6.45) is 1.71.